The van der Waals surface area contributed by atoms with Crippen LogP contribution in [0.2, 0.25) is 0 Å². The zero-order valence-corrected chi connectivity index (χ0v) is 16.5. The first-order chi connectivity index (χ1) is 12.9. The number of carbonyl (C=O) groups is 2. The molecule has 2 fully saturated rings. The van der Waals surface area contributed by atoms with Gasteiger partial charge in [0.05, 0.1) is 12.6 Å². The summed E-state index contributed by atoms with van der Waals surface area (Å²) < 4.78 is 5.68. The molecule has 148 valence electrons. The van der Waals surface area contributed by atoms with Crippen LogP contribution in [0.4, 0.5) is 0 Å². The molecule has 0 spiro atoms. The van der Waals surface area contributed by atoms with E-state index in [0.29, 0.717) is 50.1 Å². The molecule has 7 heteroatoms. The first-order valence-corrected chi connectivity index (χ1v) is 9.86. The number of aromatic nitrogens is 1. The van der Waals surface area contributed by atoms with Crippen LogP contribution in [0.1, 0.15) is 44.0 Å². The zero-order chi connectivity index (χ0) is 19.4. The van der Waals surface area contributed by atoms with Crippen molar-refractivity contribution in [2.45, 2.75) is 45.7 Å². The molecule has 2 aliphatic rings. The molecule has 1 saturated carbocycles. The van der Waals surface area contributed by atoms with Gasteiger partial charge < -0.3 is 15.0 Å². The van der Waals surface area contributed by atoms with Gasteiger partial charge in [-0.3, -0.25) is 14.5 Å². The Bertz CT molecular complexity index is 667. The highest BCUT2D eigenvalue weighted by molar-refractivity contribution is 5.94. The third kappa shape index (κ3) is 5.42. The van der Waals surface area contributed by atoms with Gasteiger partial charge in [0.15, 0.2) is 0 Å². The summed E-state index contributed by atoms with van der Waals surface area (Å²) in [4.78, 5) is 33.1. The molecular formula is C20H30N4O3. The van der Waals surface area contributed by atoms with E-state index < -0.39 is 0 Å². The minimum absolute atomic E-state index is 0.00685. The number of carbonyl (C=O) groups excluding carboxylic acids is 2. The molecule has 1 N–H and O–H groups in total. The summed E-state index contributed by atoms with van der Waals surface area (Å²) >= 11 is 0. The second-order valence-corrected chi connectivity index (χ2v) is 7.80. The van der Waals surface area contributed by atoms with Gasteiger partial charge in [-0.15, -0.1) is 0 Å². The molecule has 1 aromatic heterocycles. The van der Waals surface area contributed by atoms with E-state index in [9.17, 15) is 9.59 Å². The van der Waals surface area contributed by atoms with Gasteiger partial charge >= 0.3 is 0 Å². The van der Waals surface area contributed by atoms with Crippen LogP contribution in [0.5, 0.6) is 5.88 Å². The van der Waals surface area contributed by atoms with Crippen molar-refractivity contribution >= 4 is 11.8 Å². The van der Waals surface area contributed by atoms with Crippen LogP contribution in [0.15, 0.2) is 18.3 Å². The van der Waals surface area contributed by atoms with Gasteiger partial charge in [-0.25, -0.2) is 4.98 Å². The molecule has 2 amide bonds. The predicted octanol–water partition coefficient (Wildman–Crippen LogP) is 1.54. The summed E-state index contributed by atoms with van der Waals surface area (Å²) in [6.07, 6.45) is 4.07. The van der Waals surface area contributed by atoms with Gasteiger partial charge in [-0.05, 0) is 45.6 Å². The van der Waals surface area contributed by atoms with Gasteiger partial charge in [0.25, 0.3) is 5.91 Å². The molecule has 0 radical (unpaired) electrons. The van der Waals surface area contributed by atoms with Gasteiger partial charge in [-0.1, -0.05) is 0 Å². The average Bonchev–Trinajstić information content (AvgIpc) is 3.49. The van der Waals surface area contributed by atoms with Crippen molar-refractivity contribution in [1.82, 2.24) is 20.1 Å². The molecular weight excluding hydrogens is 344 g/mol. The fraction of sp³-hybridized carbons (Fsp3) is 0.650. The standard InChI is InChI=1S/C20H30N4O3/c1-14(2)22-19(25)15(3)23-8-10-24(11-9-23)20(26)17-6-7-21-18(12-17)27-13-16-4-5-16/h6-7,12,14-16H,4-5,8-11,13H2,1-3H3,(H,22,25)/t15-/m0/s1. The molecule has 1 aliphatic carbocycles. The molecule has 1 aromatic rings. The van der Waals surface area contributed by atoms with Crippen molar-refractivity contribution in [1.29, 1.82) is 0 Å². The number of nitrogens with one attached hydrogen (secondary N) is 1. The molecule has 27 heavy (non-hydrogen) atoms. The summed E-state index contributed by atoms with van der Waals surface area (Å²) in [6, 6.07) is 3.41. The quantitative estimate of drug-likeness (QED) is 0.784. The highest BCUT2D eigenvalue weighted by atomic mass is 16.5. The van der Waals surface area contributed by atoms with Gasteiger partial charge in [0, 0.05) is 50.0 Å². The molecule has 0 unspecified atom stereocenters. The Kier molecular flexibility index (Phi) is 6.31. The first kappa shape index (κ1) is 19.6. The number of nitrogens with zero attached hydrogens (tertiary/aromatic N) is 3. The average molecular weight is 374 g/mol. The number of pyridine rings is 1. The largest absolute Gasteiger partial charge is 0.477 e. The van der Waals surface area contributed by atoms with Crippen LogP contribution >= 0.6 is 0 Å². The topological polar surface area (TPSA) is 74.8 Å². The van der Waals surface area contributed by atoms with Crippen molar-refractivity contribution in [2.24, 2.45) is 5.92 Å². The van der Waals surface area contributed by atoms with Crippen LogP contribution in [0.3, 0.4) is 0 Å². The second-order valence-electron chi connectivity index (χ2n) is 7.80. The fourth-order valence-corrected chi connectivity index (χ4v) is 3.17. The number of ether oxygens (including phenoxy) is 1. The van der Waals surface area contributed by atoms with Gasteiger partial charge in [0.2, 0.25) is 11.8 Å². The Morgan fingerprint density at radius 1 is 1.22 bits per heavy atom. The molecule has 1 atom stereocenters. The lowest BCUT2D eigenvalue weighted by Gasteiger charge is -2.37. The monoisotopic (exact) mass is 374 g/mol. The number of piperazine rings is 1. The molecule has 2 heterocycles. The minimum Gasteiger partial charge on any atom is -0.477 e. The maximum Gasteiger partial charge on any atom is 0.254 e. The minimum atomic E-state index is -0.187. The molecule has 0 bridgehead atoms. The Morgan fingerprint density at radius 3 is 2.56 bits per heavy atom. The SMILES string of the molecule is CC(C)NC(=O)[C@H](C)N1CCN(C(=O)c2ccnc(OCC3CC3)c2)CC1. The molecule has 1 saturated heterocycles. The maximum atomic E-state index is 12.8. The number of hydrogen-bond donors (Lipinski definition) is 1. The van der Waals surface area contributed by atoms with E-state index >= 15 is 0 Å². The molecule has 7 nitrogen and oxygen atoms in total. The Balaban J connectivity index is 1.52. The maximum absolute atomic E-state index is 12.8. The highest BCUT2D eigenvalue weighted by Crippen LogP contribution is 2.29. The Hall–Kier alpha value is -2.15. The molecule has 0 aromatic carbocycles. The third-order valence-electron chi connectivity index (χ3n) is 5.11. The molecule has 3 rings (SSSR count). The smallest absolute Gasteiger partial charge is 0.254 e. The predicted molar refractivity (Wildman–Crippen MR) is 103 cm³/mol. The fourth-order valence-electron chi connectivity index (χ4n) is 3.17. The van der Waals surface area contributed by atoms with Crippen molar-refractivity contribution in [3.8, 4) is 5.88 Å². The molecule has 1 aliphatic heterocycles. The highest BCUT2D eigenvalue weighted by Gasteiger charge is 2.28. The van der Waals surface area contributed by atoms with Crippen molar-refractivity contribution in [2.75, 3.05) is 32.8 Å². The van der Waals surface area contributed by atoms with E-state index in [-0.39, 0.29) is 23.9 Å². The van der Waals surface area contributed by atoms with E-state index in [2.05, 4.69) is 15.2 Å². The normalized spacial score (nSPS) is 19.0. The zero-order valence-electron chi connectivity index (χ0n) is 16.5. The van der Waals surface area contributed by atoms with Crippen LogP contribution in [-0.2, 0) is 4.79 Å². The second kappa shape index (κ2) is 8.69. The van der Waals surface area contributed by atoms with Crippen molar-refractivity contribution in [3.05, 3.63) is 23.9 Å². The van der Waals surface area contributed by atoms with E-state index in [4.69, 9.17) is 4.74 Å². The van der Waals surface area contributed by atoms with E-state index in [1.165, 1.54) is 12.8 Å². The van der Waals surface area contributed by atoms with Gasteiger partial charge in [-0.2, -0.15) is 0 Å². The summed E-state index contributed by atoms with van der Waals surface area (Å²) in [7, 11) is 0. The number of rotatable bonds is 7. The lowest BCUT2D eigenvalue weighted by molar-refractivity contribution is -0.126. The Morgan fingerprint density at radius 2 is 1.93 bits per heavy atom. The van der Waals surface area contributed by atoms with Crippen LogP contribution in [0, 0.1) is 5.92 Å². The first-order valence-electron chi connectivity index (χ1n) is 9.86. The van der Waals surface area contributed by atoms with Crippen LogP contribution in [0.25, 0.3) is 0 Å². The van der Waals surface area contributed by atoms with E-state index in [0.717, 1.165) is 0 Å². The third-order valence-corrected chi connectivity index (χ3v) is 5.11. The lowest BCUT2D eigenvalue weighted by Crippen LogP contribution is -2.55. The lowest BCUT2D eigenvalue weighted by atomic mass is 10.1. The van der Waals surface area contributed by atoms with Crippen molar-refractivity contribution < 1.29 is 14.3 Å². The summed E-state index contributed by atoms with van der Waals surface area (Å²) in [6.45, 7) is 9.11. The van der Waals surface area contributed by atoms with Crippen molar-refractivity contribution in [3.63, 3.8) is 0 Å². The summed E-state index contributed by atoms with van der Waals surface area (Å²) in [5.41, 5.74) is 0.606. The van der Waals surface area contributed by atoms with E-state index in [1.807, 2.05) is 25.7 Å². The van der Waals surface area contributed by atoms with Crippen LogP contribution in [-0.4, -0.2) is 71.5 Å². The van der Waals surface area contributed by atoms with Crippen LogP contribution < -0.4 is 10.1 Å². The number of amides is 2. The number of hydrogen-bond acceptors (Lipinski definition) is 5. The van der Waals surface area contributed by atoms with E-state index in [1.54, 1.807) is 18.3 Å². The summed E-state index contributed by atoms with van der Waals surface area (Å²) in [5.74, 6) is 1.20. The van der Waals surface area contributed by atoms with Gasteiger partial charge in [0.1, 0.15) is 0 Å². The Labute approximate surface area is 161 Å². The summed E-state index contributed by atoms with van der Waals surface area (Å²) in [5, 5.41) is 2.95.